The second-order valence-electron chi connectivity index (χ2n) is 8.93. The Bertz CT molecular complexity index is 1300. The van der Waals surface area contributed by atoms with E-state index in [1.807, 2.05) is 47.5 Å². The first-order valence-corrected chi connectivity index (χ1v) is 12.0. The van der Waals surface area contributed by atoms with Crippen molar-refractivity contribution in [3.05, 3.63) is 95.9 Å². The summed E-state index contributed by atoms with van der Waals surface area (Å²) in [7, 11) is 1.59. The first-order chi connectivity index (χ1) is 17.2. The number of rotatable bonds is 7. The summed E-state index contributed by atoms with van der Waals surface area (Å²) in [6, 6.07) is 21.5. The molecule has 3 heterocycles. The average molecular weight is 468 g/mol. The van der Waals surface area contributed by atoms with Crippen LogP contribution in [0.4, 0.5) is 0 Å². The molecule has 0 radical (unpaired) electrons. The van der Waals surface area contributed by atoms with Gasteiger partial charge in [-0.05, 0) is 73.2 Å². The van der Waals surface area contributed by atoms with Crippen molar-refractivity contribution in [3.8, 4) is 11.5 Å². The Labute approximate surface area is 205 Å². The lowest BCUT2D eigenvalue weighted by Gasteiger charge is -2.33. The summed E-state index contributed by atoms with van der Waals surface area (Å²) in [5, 5.41) is 1.20. The molecule has 1 aliphatic rings. The molecule has 1 aliphatic heterocycles. The maximum absolute atomic E-state index is 13.4. The molecule has 1 amide bonds. The van der Waals surface area contributed by atoms with E-state index in [0.29, 0.717) is 29.6 Å². The number of pyridine rings is 2. The van der Waals surface area contributed by atoms with Crippen LogP contribution in [0.5, 0.6) is 11.5 Å². The first-order valence-electron chi connectivity index (χ1n) is 12.0. The monoisotopic (exact) mass is 467 g/mol. The van der Waals surface area contributed by atoms with Crippen LogP contribution in [0.2, 0.25) is 0 Å². The SMILES string of the molecule is COc1cc(C(=O)N2CCC[C@@H](Cc3cccc4ncccc34)C2)ccc1OCc1ccccn1. The number of carbonyl (C=O) groups excluding carboxylic acids is 1. The average Bonchev–Trinajstić information content (AvgIpc) is 2.92. The molecule has 6 heteroatoms. The minimum Gasteiger partial charge on any atom is -0.493 e. The zero-order valence-corrected chi connectivity index (χ0v) is 19.9. The topological polar surface area (TPSA) is 64.5 Å². The normalized spacial score (nSPS) is 15.7. The summed E-state index contributed by atoms with van der Waals surface area (Å²) in [6.07, 6.45) is 6.62. The van der Waals surface area contributed by atoms with Crippen molar-refractivity contribution in [2.24, 2.45) is 5.92 Å². The van der Waals surface area contributed by atoms with Gasteiger partial charge in [-0.15, -0.1) is 0 Å². The highest BCUT2D eigenvalue weighted by Gasteiger charge is 2.26. The number of hydrogen-bond donors (Lipinski definition) is 0. The predicted molar refractivity (Wildman–Crippen MR) is 136 cm³/mol. The predicted octanol–water partition coefficient (Wildman–Crippen LogP) is 5.31. The van der Waals surface area contributed by atoms with E-state index in [0.717, 1.165) is 43.6 Å². The third-order valence-corrected chi connectivity index (χ3v) is 6.56. The fraction of sp³-hybridized carbons (Fsp3) is 0.276. The van der Waals surface area contributed by atoms with Crippen LogP contribution in [-0.4, -0.2) is 41.0 Å². The summed E-state index contributed by atoms with van der Waals surface area (Å²) in [6.45, 7) is 1.85. The number of nitrogens with zero attached hydrogens (tertiary/aromatic N) is 3. The van der Waals surface area contributed by atoms with Gasteiger partial charge in [0.05, 0.1) is 18.3 Å². The number of methoxy groups -OCH3 is 1. The second kappa shape index (κ2) is 10.6. The number of carbonyl (C=O) groups is 1. The van der Waals surface area contributed by atoms with Gasteiger partial charge in [0.1, 0.15) is 6.61 Å². The number of benzene rings is 2. The van der Waals surface area contributed by atoms with Crippen LogP contribution in [0.25, 0.3) is 10.9 Å². The zero-order chi connectivity index (χ0) is 24.0. The molecule has 0 N–H and O–H groups in total. The van der Waals surface area contributed by atoms with E-state index >= 15 is 0 Å². The molecule has 1 saturated heterocycles. The number of ether oxygens (including phenoxy) is 2. The minimum absolute atomic E-state index is 0.0314. The van der Waals surface area contributed by atoms with Crippen LogP contribution in [0.3, 0.4) is 0 Å². The van der Waals surface area contributed by atoms with Gasteiger partial charge in [-0.2, -0.15) is 0 Å². The summed E-state index contributed by atoms with van der Waals surface area (Å²) >= 11 is 0. The van der Waals surface area contributed by atoms with Gasteiger partial charge in [-0.1, -0.05) is 24.3 Å². The maximum Gasteiger partial charge on any atom is 0.254 e. The van der Waals surface area contributed by atoms with E-state index in [-0.39, 0.29) is 5.91 Å². The van der Waals surface area contributed by atoms with Crippen molar-refractivity contribution in [2.45, 2.75) is 25.9 Å². The standard InChI is InChI=1S/C29H29N3O3/c1-34-28-18-23(12-13-27(28)35-20-24-9-2-3-14-30-24)29(33)32-16-6-7-21(19-32)17-22-8-4-11-26-25(22)10-5-15-31-26/h2-5,8-15,18,21H,6-7,16-17,19-20H2,1H3/t21-/m0/s1. The molecule has 2 aromatic heterocycles. The molecule has 1 fully saturated rings. The number of fused-ring (bicyclic) bond motifs is 1. The second-order valence-corrected chi connectivity index (χ2v) is 8.93. The van der Waals surface area contributed by atoms with E-state index in [4.69, 9.17) is 9.47 Å². The Kier molecular flexibility index (Phi) is 6.89. The Morgan fingerprint density at radius 1 is 1.00 bits per heavy atom. The third-order valence-electron chi connectivity index (χ3n) is 6.56. The van der Waals surface area contributed by atoms with Gasteiger partial charge in [-0.3, -0.25) is 14.8 Å². The number of likely N-dealkylation sites (tertiary alicyclic amines) is 1. The van der Waals surface area contributed by atoms with Gasteiger partial charge >= 0.3 is 0 Å². The van der Waals surface area contributed by atoms with Crippen molar-refractivity contribution in [3.63, 3.8) is 0 Å². The van der Waals surface area contributed by atoms with Crippen molar-refractivity contribution >= 4 is 16.8 Å². The summed E-state index contributed by atoms with van der Waals surface area (Å²) < 4.78 is 11.4. The molecule has 5 rings (SSSR count). The molecule has 0 unspecified atom stereocenters. The molecule has 4 aromatic rings. The molecular formula is C29H29N3O3. The van der Waals surface area contributed by atoms with Crippen LogP contribution in [0.15, 0.2) is 79.1 Å². The quantitative estimate of drug-likeness (QED) is 0.368. The zero-order valence-electron chi connectivity index (χ0n) is 19.9. The van der Waals surface area contributed by atoms with Crippen LogP contribution >= 0.6 is 0 Å². The molecule has 0 bridgehead atoms. The highest BCUT2D eigenvalue weighted by Crippen LogP contribution is 2.31. The van der Waals surface area contributed by atoms with Crippen molar-refractivity contribution < 1.29 is 14.3 Å². The number of aromatic nitrogens is 2. The van der Waals surface area contributed by atoms with Crippen LogP contribution in [0, 0.1) is 5.92 Å². The Balaban J connectivity index is 1.27. The van der Waals surface area contributed by atoms with Gasteiger partial charge in [0.2, 0.25) is 0 Å². The van der Waals surface area contributed by atoms with Crippen molar-refractivity contribution in [1.29, 1.82) is 0 Å². The van der Waals surface area contributed by atoms with Gasteiger partial charge in [-0.25, -0.2) is 0 Å². The largest absolute Gasteiger partial charge is 0.493 e. The van der Waals surface area contributed by atoms with Crippen LogP contribution in [0.1, 0.15) is 34.5 Å². The Hall–Kier alpha value is -3.93. The maximum atomic E-state index is 13.4. The molecule has 35 heavy (non-hydrogen) atoms. The van der Waals surface area contributed by atoms with Crippen molar-refractivity contribution in [2.75, 3.05) is 20.2 Å². The smallest absolute Gasteiger partial charge is 0.254 e. The van der Waals surface area contributed by atoms with Crippen LogP contribution in [-0.2, 0) is 13.0 Å². The minimum atomic E-state index is 0.0314. The molecule has 0 saturated carbocycles. The van der Waals surface area contributed by atoms with Gasteiger partial charge in [0, 0.05) is 36.4 Å². The van der Waals surface area contributed by atoms with Gasteiger partial charge in [0.15, 0.2) is 11.5 Å². The third kappa shape index (κ3) is 5.27. The van der Waals surface area contributed by atoms with E-state index in [2.05, 4.69) is 28.2 Å². The summed E-state index contributed by atoms with van der Waals surface area (Å²) in [5.41, 5.74) is 3.76. The molecule has 0 aliphatic carbocycles. The number of amides is 1. The highest BCUT2D eigenvalue weighted by molar-refractivity contribution is 5.95. The van der Waals surface area contributed by atoms with Crippen LogP contribution < -0.4 is 9.47 Å². The molecule has 0 spiro atoms. The Morgan fingerprint density at radius 2 is 1.91 bits per heavy atom. The molecule has 2 aromatic carbocycles. The molecule has 178 valence electrons. The van der Waals surface area contributed by atoms with E-state index in [1.54, 1.807) is 25.4 Å². The lowest BCUT2D eigenvalue weighted by molar-refractivity contribution is 0.0673. The van der Waals surface area contributed by atoms with E-state index < -0.39 is 0 Å². The Morgan fingerprint density at radius 3 is 2.77 bits per heavy atom. The lowest BCUT2D eigenvalue weighted by atomic mass is 9.89. The molecule has 6 nitrogen and oxygen atoms in total. The highest BCUT2D eigenvalue weighted by atomic mass is 16.5. The number of hydrogen-bond acceptors (Lipinski definition) is 5. The summed E-state index contributed by atoms with van der Waals surface area (Å²) in [4.78, 5) is 24.1. The van der Waals surface area contributed by atoms with E-state index in [9.17, 15) is 4.79 Å². The molecule has 1 atom stereocenters. The number of piperidine rings is 1. The van der Waals surface area contributed by atoms with Gasteiger partial charge in [0.25, 0.3) is 5.91 Å². The van der Waals surface area contributed by atoms with Gasteiger partial charge < -0.3 is 14.4 Å². The summed E-state index contributed by atoms with van der Waals surface area (Å²) in [5.74, 6) is 1.59. The lowest BCUT2D eigenvalue weighted by Crippen LogP contribution is -2.40. The molecular weight excluding hydrogens is 438 g/mol. The van der Waals surface area contributed by atoms with E-state index in [1.165, 1.54) is 10.9 Å². The fourth-order valence-corrected chi connectivity index (χ4v) is 4.81. The first kappa shape index (κ1) is 22.8. The fourth-order valence-electron chi connectivity index (χ4n) is 4.81. The van der Waals surface area contributed by atoms with Crippen molar-refractivity contribution in [1.82, 2.24) is 14.9 Å².